The van der Waals surface area contributed by atoms with Crippen LogP contribution in [0.4, 0.5) is 5.69 Å². The lowest BCUT2D eigenvalue weighted by Gasteiger charge is -2.28. The van der Waals surface area contributed by atoms with Crippen molar-refractivity contribution in [3.8, 4) is 0 Å². The van der Waals surface area contributed by atoms with Gasteiger partial charge in [0.1, 0.15) is 0 Å². The van der Waals surface area contributed by atoms with Crippen molar-refractivity contribution in [2.45, 2.75) is 31.3 Å². The summed E-state index contributed by atoms with van der Waals surface area (Å²) in [5, 5.41) is 8.49. The molecule has 2 bridgehead atoms. The molecule has 2 N–H and O–H groups in total. The third-order valence-electron chi connectivity index (χ3n) is 5.10. The number of carbonyl (C=O) groups is 2. The van der Waals surface area contributed by atoms with Gasteiger partial charge < -0.3 is 15.5 Å². The molecule has 0 radical (unpaired) electrons. The lowest BCUT2D eigenvalue weighted by Crippen LogP contribution is -2.42. The van der Waals surface area contributed by atoms with E-state index in [9.17, 15) is 9.59 Å². The molecule has 2 unspecified atom stereocenters. The molecule has 5 nitrogen and oxygen atoms in total. The largest absolute Gasteiger partial charge is 0.331 e. The zero-order chi connectivity index (χ0) is 18.1. The Balaban J connectivity index is 0.00000210. The van der Waals surface area contributed by atoms with E-state index in [-0.39, 0.29) is 30.3 Å². The normalized spacial score (nSPS) is 21.3. The first-order valence-corrected chi connectivity index (χ1v) is 10.1. The number of fused-ring (bicyclic) bond motifs is 2. The topological polar surface area (TPSA) is 61.4 Å². The Morgan fingerprint density at radius 3 is 2.78 bits per heavy atom. The van der Waals surface area contributed by atoms with Crippen molar-refractivity contribution in [2.24, 2.45) is 0 Å². The highest BCUT2D eigenvalue weighted by Gasteiger charge is 2.38. The van der Waals surface area contributed by atoms with E-state index in [1.54, 1.807) is 24.3 Å². The van der Waals surface area contributed by atoms with Gasteiger partial charge in [0.05, 0.1) is 15.6 Å². The van der Waals surface area contributed by atoms with E-state index >= 15 is 0 Å². The SMILES string of the molecule is Cl.O=C(Nc1cc(C(=O)N2C3CCNCC2CC3)ccc1Cl)c1cccs1. The Kier molecular flexibility index (Phi) is 6.42. The zero-order valence-corrected chi connectivity index (χ0v) is 17.0. The van der Waals surface area contributed by atoms with Crippen molar-refractivity contribution in [3.05, 3.63) is 51.2 Å². The highest BCUT2D eigenvalue weighted by atomic mass is 35.5. The molecule has 0 spiro atoms. The van der Waals surface area contributed by atoms with Crippen molar-refractivity contribution in [1.29, 1.82) is 0 Å². The van der Waals surface area contributed by atoms with E-state index < -0.39 is 0 Å². The number of nitrogens with zero attached hydrogens (tertiary/aromatic N) is 1. The van der Waals surface area contributed by atoms with E-state index in [1.807, 2.05) is 16.3 Å². The third kappa shape index (κ3) is 4.14. The van der Waals surface area contributed by atoms with Gasteiger partial charge in [-0.2, -0.15) is 0 Å². The number of amides is 2. The molecule has 2 fully saturated rings. The molecule has 1 aromatic carbocycles. The summed E-state index contributed by atoms with van der Waals surface area (Å²) < 4.78 is 0. The lowest BCUT2D eigenvalue weighted by atomic mass is 10.1. The Hall–Kier alpha value is -1.60. The highest BCUT2D eigenvalue weighted by Crippen LogP contribution is 2.31. The molecule has 2 amide bonds. The Labute approximate surface area is 173 Å². The Bertz CT molecular complexity index is 814. The number of hydrogen-bond acceptors (Lipinski definition) is 4. The molecule has 27 heavy (non-hydrogen) atoms. The molecule has 1 aromatic heterocycles. The van der Waals surface area contributed by atoms with Gasteiger partial charge in [-0.1, -0.05) is 17.7 Å². The van der Waals surface area contributed by atoms with Crippen LogP contribution in [0.3, 0.4) is 0 Å². The van der Waals surface area contributed by atoms with Gasteiger partial charge in [0, 0.05) is 24.2 Å². The lowest BCUT2D eigenvalue weighted by molar-refractivity contribution is 0.0680. The first kappa shape index (κ1) is 20.1. The van der Waals surface area contributed by atoms with Crippen LogP contribution >= 0.6 is 35.3 Å². The summed E-state index contributed by atoms with van der Waals surface area (Å²) in [7, 11) is 0. The van der Waals surface area contributed by atoms with Gasteiger partial charge in [0.15, 0.2) is 0 Å². The van der Waals surface area contributed by atoms with Crippen LogP contribution in [0, 0.1) is 0 Å². The number of thiophene rings is 1. The molecule has 144 valence electrons. The monoisotopic (exact) mass is 425 g/mol. The van der Waals surface area contributed by atoms with Crippen molar-refractivity contribution in [1.82, 2.24) is 10.2 Å². The van der Waals surface area contributed by atoms with E-state index in [2.05, 4.69) is 10.6 Å². The van der Waals surface area contributed by atoms with Crippen LogP contribution in [-0.4, -0.2) is 41.9 Å². The van der Waals surface area contributed by atoms with Crippen molar-refractivity contribution >= 4 is 52.8 Å². The van der Waals surface area contributed by atoms with Crippen LogP contribution in [0.25, 0.3) is 0 Å². The summed E-state index contributed by atoms with van der Waals surface area (Å²) in [6, 6.07) is 9.22. The number of carbonyl (C=O) groups excluding carboxylic acids is 2. The molecule has 2 aliphatic heterocycles. The van der Waals surface area contributed by atoms with Gasteiger partial charge in [-0.25, -0.2) is 0 Å². The van der Waals surface area contributed by atoms with Crippen molar-refractivity contribution < 1.29 is 9.59 Å². The molecule has 0 saturated carbocycles. The molecule has 0 aliphatic carbocycles. The molecule has 4 rings (SSSR count). The fraction of sp³-hybridized carbons (Fsp3) is 0.368. The molecule has 2 aliphatic rings. The predicted molar refractivity (Wildman–Crippen MR) is 111 cm³/mol. The maximum atomic E-state index is 13.1. The summed E-state index contributed by atoms with van der Waals surface area (Å²) in [5.74, 6) is -0.199. The van der Waals surface area contributed by atoms with Crippen LogP contribution in [0.5, 0.6) is 0 Å². The molecule has 3 heterocycles. The number of nitrogens with one attached hydrogen (secondary N) is 2. The number of benzene rings is 1. The van der Waals surface area contributed by atoms with Crippen molar-refractivity contribution in [2.75, 3.05) is 18.4 Å². The standard InChI is InChI=1S/C19H20ClN3O2S.ClH/c20-15-6-3-12(10-16(15)22-18(24)17-2-1-9-26-17)19(25)23-13-4-5-14(23)11-21-8-7-13;/h1-3,6,9-10,13-14,21H,4-5,7-8,11H2,(H,22,24);1H. The fourth-order valence-corrected chi connectivity index (χ4v) is 4.59. The number of anilines is 1. The van der Waals surface area contributed by atoms with Crippen LogP contribution < -0.4 is 10.6 Å². The average molecular weight is 426 g/mol. The molecule has 8 heteroatoms. The fourth-order valence-electron chi connectivity index (χ4n) is 3.81. The maximum Gasteiger partial charge on any atom is 0.265 e. The number of hydrogen-bond donors (Lipinski definition) is 2. The minimum atomic E-state index is -0.217. The van der Waals surface area contributed by atoms with Crippen LogP contribution in [0.1, 0.15) is 39.3 Å². The van der Waals surface area contributed by atoms with Crippen LogP contribution in [-0.2, 0) is 0 Å². The molecule has 2 aromatic rings. The third-order valence-corrected chi connectivity index (χ3v) is 6.29. The van der Waals surface area contributed by atoms with E-state index in [0.717, 1.165) is 32.4 Å². The van der Waals surface area contributed by atoms with Crippen LogP contribution in [0.15, 0.2) is 35.7 Å². The summed E-state index contributed by atoms with van der Waals surface area (Å²) in [6.45, 7) is 1.80. The van der Waals surface area contributed by atoms with Gasteiger partial charge in [-0.05, 0) is 55.5 Å². The second-order valence-electron chi connectivity index (χ2n) is 6.72. The van der Waals surface area contributed by atoms with E-state index in [4.69, 9.17) is 11.6 Å². The molecular weight excluding hydrogens is 405 g/mol. The summed E-state index contributed by atoms with van der Waals surface area (Å²) in [5.41, 5.74) is 1.03. The van der Waals surface area contributed by atoms with E-state index in [0.29, 0.717) is 27.2 Å². The van der Waals surface area contributed by atoms with Crippen LogP contribution in [0.2, 0.25) is 5.02 Å². The molecule has 2 saturated heterocycles. The van der Waals surface area contributed by atoms with E-state index in [1.165, 1.54) is 11.3 Å². The minimum absolute atomic E-state index is 0. The molecule has 2 atom stereocenters. The quantitative estimate of drug-likeness (QED) is 0.779. The first-order valence-electron chi connectivity index (χ1n) is 8.81. The number of halogens is 2. The predicted octanol–water partition coefficient (Wildman–Crippen LogP) is 4.04. The Morgan fingerprint density at radius 1 is 1.19 bits per heavy atom. The second-order valence-corrected chi connectivity index (χ2v) is 8.07. The summed E-state index contributed by atoms with van der Waals surface area (Å²) >= 11 is 7.61. The maximum absolute atomic E-state index is 13.1. The van der Waals surface area contributed by atoms with Gasteiger partial charge in [-0.15, -0.1) is 23.7 Å². The van der Waals surface area contributed by atoms with Gasteiger partial charge >= 0.3 is 0 Å². The second kappa shape index (κ2) is 8.61. The summed E-state index contributed by atoms with van der Waals surface area (Å²) in [4.78, 5) is 28.1. The zero-order valence-electron chi connectivity index (χ0n) is 14.6. The average Bonchev–Trinajstić information content (AvgIpc) is 3.23. The molecular formula is C19H21Cl2N3O2S. The Morgan fingerprint density at radius 2 is 2.00 bits per heavy atom. The van der Waals surface area contributed by atoms with Gasteiger partial charge in [0.25, 0.3) is 11.8 Å². The highest BCUT2D eigenvalue weighted by molar-refractivity contribution is 7.12. The summed E-state index contributed by atoms with van der Waals surface area (Å²) in [6.07, 6.45) is 3.09. The smallest absolute Gasteiger partial charge is 0.265 e. The van der Waals surface area contributed by atoms with Crippen molar-refractivity contribution in [3.63, 3.8) is 0 Å². The van der Waals surface area contributed by atoms with Gasteiger partial charge in [-0.3, -0.25) is 9.59 Å². The first-order chi connectivity index (χ1) is 12.6. The number of rotatable bonds is 3. The minimum Gasteiger partial charge on any atom is -0.331 e. The van der Waals surface area contributed by atoms with Gasteiger partial charge in [0.2, 0.25) is 0 Å².